The maximum Gasteiger partial charge on any atom is 0.155 e. The summed E-state index contributed by atoms with van der Waals surface area (Å²) < 4.78 is 24.1. The summed E-state index contributed by atoms with van der Waals surface area (Å²) in [4.78, 5) is 4.11. The summed E-state index contributed by atoms with van der Waals surface area (Å²) in [6.45, 7) is 0. The molecule has 4 nitrogen and oxygen atoms in total. The number of aromatic nitrogens is 1. The van der Waals surface area contributed by atoms with E-state index in [9.17, 15) is 8.42 Å². The van der Waals surface area contributed by atoms with Crippen LogP contribution in [0.25, 0.3) is 0 Å². The smallest absolute Gasteiger partial charge is 0.155 e. The highest BCUT2D eigenvalue weighted by atomic mass is 32.2. The first-order valence-corrected chi connectivity index (χ1v) is 9.13. The number of sulfone groups is 1. The average Bonchev–Trinajstić information content (AvgIpc) is 2.48. The first-order chi connectivity index (χ1) is 10.1. The van der Waals surface area contributed by atoms with E-state index < -0.39 is 9.84 Å². The molecule has 0 amide bonds. The lowest BCUT2D eigenvalue weighted by Crippen LogP contribution is -2.11. The van der Waals surface area contributed by atoms with E-state index in [1.165, 1.54) is 11.8 Å². The van der Waals surface area contributed by atoms with Crippen LogP contribution in [0.3, 0.4) is 0 Å². The van der Waals surface area contributed by atoms with Crippen LogP contribution in [0.4, 0.5) is 0 Å². The number of hydrogen-bond acceptors (Lipinski definition) is 5. The van der Waals surface area contributed by atoms with Crippen molar-refractivity contribution >= 4 is 21.6 Å². The van der Waals surface area contributed by atoms with Crippen LogP contribution < -0.4 is 0 Å². The van der Waals surface area contributed by atoms with Crippen molar-refractivity contribution in [3.63, 3.8) is 0 Å². The molecule has 2 aromatic rings. The van der Waals surface area contributed by atoms with Crippen molar-refractivity contribution in [3.05, 3.63) is 59.8 Å². The Bertz CT molecular complexity index is 738. The highest BCUT2D eigenvalue weighted by Gasteiger charge is 2.12. The summed E-state index contributed by atoms with van der Waals surface area (Å²) in [5, 5.41) is 9.47. The molecule has 0 spiro atoms. The summed E-state index contributed by atoms with van der Waals surface area (Å²) in [7, 11) is -3.13. The highest BCUT2D eigenvalue weighted by Crippen LogP contribution is 2.17. The number of nitrogens with zero attached hydrogens (tertiary/aromatic N) is 2. The molecule has 0 N–H and O–H groups in total. The fourth-order valence-electron chi connectivity index (χ4n) is 1.73. The van der Waals surface area contributed by atoms with E-state index in [2.05, 4.69) is 4.98 Å². The molecule has 108 valence electrons. The van der Waals surface area contributed by atoms with Crippen molar-refractivity contribution in [2.45, 2.75) is 10.8 Å². The summed E-state index contributed by atoms with van der Waals surface area (Å²) in [5.74, 6) is 0.572. The SMILES string of the molecule is N#Cc1ccnc(SCCS(=O)(=O)Cc2ccccc2)c1. The fourth-order valence-corrected chi connectivity index (χ4v) is 4.48. The Hall–Kier alpha value is -1.84. The van der Waals surface area contributed by atoms with Crippen molar-refractivity contribution in [3.8, 4) is 6.07 Å². The molecule has 0 atom stereocenters. The number of thioether (sulfide) groups is 1. The van der Waals surface area contributed by atoms with E-state index >= 15 is 0 Å². The molecule has 1 aromatic heterocycles. The summed E-state index contributed by atoms with van der Waals surface area (Å²) in [5.41, 5.74) is 1.33. The van der Waals surface area contributed by atoms with Crippen LogP contribution in [0.5, 0.6) is 0 Å². The predicted molar refractivity (Wildman–Crippen MR) is 83.6 cm³/mol. The largest absolute Gasteiger partial charge is 0.250 e. The predicted octanol–water partition coefficient (Wildman–Crippen LogP) is 2.66. The van der Waals surface area contributed by atoms with Crippen LogP contribution in [0.1, 0.15) is 11.1 Å². The Labute approximate surface area is 128 Å². The van der Waals surface area contributed by atoms with Crippen molar-refractivity contribution in [1.82, 2.24) is 4.98 Å². The van der Waals surface area contributed by atoms with E-state index in [-0.39, 0.29) is 11.5 Å². The quantitative estimate of drug-likeness (QED) is 0.766. The Morgan fingerprint density at radius 3 is 2.67 bits per heavy atom. The lowest BCUT2D eigenvalue weighted by atomic mass is 10.2. The third kappa shape index (κ3) is 5.21. The zero-order valence-electron chi connectivity index (χ0n) is 11.3. The zero-order chi connectivity index (χ0) is 15.1. The summed E-state index contributed by atoms with van der Waals surface area (Å²) in [6, 6.07) is 14.5. The second-order valence-electron chi connectivity index (χ2n) is 4.42. The molecule has 0 radical (unpaired) electrons. The molecular weight excluding hydrogens is 304 g/mol. The molecule has 1 aromatic carbocycles. The molecular formula is C15H14N2O2S2. The standard InChI is InChI=1S/C15H14N2O2S2/c16-11-14-6-7-17-15(10-14)20-8-9-21(18,19)12-13-4-2-1-3-5-13/h1-7,10H,8-9,12H2. The van der Waals surface area contributed by atoms with E-state index in [1.807, 2.05) is 36.4 Å². The molecule has 21 heavy (non-hydrogen) atoms. The molecule has 2 rings (SSSR count). The van der Waals surface area contributed by atoms with Gasteiger partial charge in [0.05, 0.1) is 28.2 Å². The molecule has 6 heteroatoms. The topological polar surface area (TPSA) is 70.8 Å². The van der Waals surface area contributed by atoms with Gasteiger partial charge >= 0.3 is 0 Å². The molecule has 0 unspecified atom stereocenters. The van der Waals surface area contributed by atoms with E-state index in [4.69, 9.17) is 5.26 Å². The maximum atomic E-state index is 12.0. The second-order valence-corrected chi connectivity index (χ2v) is 7.72. The van der Waals surface area contributed by atoms with Crippen LogP contribution in [-0.4, -0.2) is 24.9 Å². The van der Waals surface area contributed by atoms with Crippen molar-refractivity contribution in [2.75, 3.05) is 11.5 Å². The first-order valence-electron chi connectivity index (χ1n) is 6.32. The van der Waals surface area contributed by atoms with Gasteiger partial charge in [0.1, 0.15) is 0 Å². The average molecular weight is 318 g/mol. The van der Waals surface area contributed by atoms with Gasteiger partial charge < -0.3 is 0 Å². The number of rotatable bonds is 6. The van der Waals surface area contributed by atoms with Gasteiger partial charge in [0.25, 0.3) is 0 Å². The van der Waals surface area contributed by atoms with Crippen LogP contribution in [-0.2, 0) is 15.6 Å². The minimum Gasteiger partial charge on any atom is -0.250 e. The molecule has 0 aliphatic rings. The molecule has 0 bridgehead atoms. The summed E-state index contributed by atoms with van der Waals surface area (Å²) in [6.07, 6.45) is 1.55. The van der Waals surface area contributed by atoms with Gasteiger partial charge in [-0.05, 0) is 17.7 Å². The fraction of sp³-hybridized carbons (Fsp3) is 0.200. The Morgan fingerprint density at radius 2 is 1.95 bits per heavy atom. The Kier molecular flexibility index (Phi) is 5.37. The van der Waals surface area contributed by atoms with Gasteiger partial charge in [-0.15, -0.1) is 11.8 Å². The van der Waals surface area contributed by atoms with Crippen LogP contribution in [0, 0.1) is 11.3 Å². The lowest BCUT2D eigenvalue weighted by Gasteiger charge is -2.04. The minimum absolute atomic E-state index is 0.0556. The van der Waals surface area contributed by atoms with Crippen molar-refractivity contribution in [1.29, 1.82) is 5.26 Å². The van der Waals surface area contributed by atoms with Crippen molar-refractivity contribution < 1.29 is 8.42 Å². The second kappa shape index (κ2) is 7.25. The lowest BCUT2D eigenvalue weighted by molar-refractivity contribution is 0.597. The highest BCUT2D eigenvalue weighted by molar-refractivity contribution is 8.00. The van der Waals surface area contributed by atoms with Gasteiger partial charge in [0.2, 0.25) is 0 Å². The normalized spacial score (nSPS) is 11.0. The Morgan fingerprint density at radius 1 is 1.19 bits per heavy atom. The van der Waals surface area contributed by atoms with Gasteiger partial charge in [-0.1, -0.05) is 30.3 Å². The van der Waals surface area contributed by atoms with Crippen molar-refractivity contribution in [2.24, 2.45) is 0 Å². The number of nitriles is 1. The minimum atomic E-state index is -3.13. The third-order valence-corrected chi connectivity index (χ3v) is 5.52. The number of hydrogen-bond donors (Lipinski definition) is 0. The maximum absolute atomic E-state index is 12.0. The van der Waals surface area contributed by atoms with E-state index in [1.54, 1.807) is 18.3 Å². The molecule has 1 heterocycles. The first kappa shape index (κ1) is 15.5. The Balaban J connectivity index is 1.89. The number of benzene rings is 1. The summed E-state index contributed by atoms with van der Waals surface area (Å²) >= 11 is 1.35. The molecule has 0 fully saturated rings. The van der Waals surface area contributed by atoms with Gasteiger partial charge in [0.15, 0.2) is 9.84 Å². The van der Waals surface area contributed by atoms with E-state index in [0.717, 1.165) is 5.56 Å². The van der Waals surface area contributed by atoms with Crippen LogP contribution in [0.15, 0.2) is 53.7 Å². The molecule has 0 aliphatic heterocycles. The van der Waals surface area contributed by atoms with Gasteiger partial charge in [-0.3, -0.25) is 0 Å². The van der Waals surface area contributed by atoms with Gasteiger partial charge in [0, 0.05) is 11.9 Å². The van der Waals surface area contributed by atoms with E-state index in [0.29, 0.717) is 16.3 Å². The zero-order valence-corrected chi connectivity index (χ0v) is 12.9. The molecule has 0 saturated heterocycles. The molecule has 0 aliphatic carbocycles. The molecule has 0 saturated carbocycles. The van der Waals surface area contributed by atoms with Crippen LogP contribution >= 0.6 is 11.8 Å². The number of pyridine rings is 1. The van der Waals surface area contributed by atoms with Gasteiger partial charge in [-0.25, -0.2) is 13.4 Å². The van der Waals surface area contributed by atoms with Crippen LogP contribution in [0.2, 0.25) is 0 Å². The third-order valence-electron chi connectivity index (χ3n) is 2.74. The van der Waals surface area contributed by atoms with Gasteiger partial charge in [-0.2, -0.15) is 5.26 Å². The monoisotopic (exact) mass is 318 g/mol.